The molecular weight excluding hydrogens is 204 g/mol. The maximum Gasteiger partial charge on any atom is 0.224 e. The van der Waals surface area contributed by atoms with Gasteiger partial charge in [-0.25, -0.2) is 0 Å². The molecule has 4 heteroatoms. The van der Waals surface area contributed by atoms with Crippen LogP contribution in [0.4, 0.5) is 11.4 Å². The van der Waals surface area contributed by atoms with Gasteiger partial charge in [0.15, 0.2) is 0 Å². The van der Waals surface area contributed by atoms with Crippen molar-refractivity contribution in [2.75, 3.05) is 18.2 Å². The van der Waals surface area contributed by atoms with Crippen LogP contribution in [0.5, 0.6) is 5.75 Å². The van der Waals surface area contributed by atoms with Crippen LogP contribution in [0.1, 0.15) is 19.3 Å². The summed E-state index contributed by atoms with van der Waals surface area (Å²) in [7, 11) is 1.56. The first-order valence-corrected chi connectivity index (χ1v) is 5.42. The third kappa shape index (κ3) is 2.66. The summed E-state index contributed by atoms with van der Waals surface area (Å²) in [5.41, 5.74) is 6.99. The number of carbonyl (C=O) groups is 1. The van der Waals surface area contributed by atoms with Crippen molar-refractivity contribution in [1.82, 2.24) is 0 Å². The van der Waals surface area contributed by atoms with E-state index in [9.17, 15) is 4.79 Å². The molecule has 0 unspecified atom stereocenters. The van der Waals surface area contributed by atoms with Crippen molar-refractivity contribution in [2.24, 2.45) is 5.92 Å². The minimum Gasteiger partial charge on any atom is -0.495 e. The Hall–Kier alpha value is -1.71. The molecule has 0 atom stereocenters. The van der Waals surface area contributed by atoms with Gasteiger partial charge in [0.2, 0.25) is 5.91 Å². The number of ether oxygens (including phenoxy) is 1. The lowest BCUT2D eigenvalue weighted by Gasteiger charge is -2.08. The van der Waals surface area contributed by atoms with Gasteiger partial charge in [0.25, 0.3) is 0 Å². The highest BCUT2D eigenvalue weighted by Crippen LogP contribution is 2.33. The topological polar surface area (TPSA) is 64.3 Å². The Bertz CT molecular complexity index is 400. The van der Waals surface area contributed by atoms with Gasteiger partial charge in [-0.3, -0.25) is 4.79 Å². The summed E-state index contributed by atoms with van der Waals surface area (Å²) in [6.45, 7) is 0. The zero-order valence-corrected chi connectivity index (χ0v) is 9.32. The van der Waals surface area contributed by atoms with Gasteiger partial charge < -0.3 is 15.8 Å². The van der Waals surface area contributed by atoms with Crippen molar-refractivity contribution in [3.05, 3.63) is 18.2 Å². The molecule has 3 N–H and O–H groups in total. The first-order chi connectivity index (χ1) is 7.69. The van der Waals surface area contributed by atoms with Crippen LogP contribution in [0.25, 0.3) is 0 Å². The van der Waals surface area contributed by atoms with Crippen molar-refractivity contribution in [2.45, 2.75) is 19.3 Å². The number of nitrogens with one attached hydrogen (secondary N) is 1. The molecule has 86 valence electrons. The highest BCUT2D eigenvalue weighted by atomic mass is 16.5. The third-order valence-electron chi connectivity index (χ3n) is 2.69. The molecule has 0 radical (unpaired) electrons. The van der Waals surface area contributed by atoms with Gasteiger partial charge in [-0.1, -0.05) is 0 Å². The Kier molecular flexibility index (Phi) is 2.99. The summed E-state index contributed by atoms with van der Waals surface area (Å²) in [6.07, 6.45) is 2.98. The Balaban J connectivity index is 1.99. The van der Waals surface area contributed by atoms with Crippen LogP contribution in [-0.2, 0) is 4.79 Å². The first-order valence-electron chi connectivity index (χ1n) is 5.42. The van der Waals surface area contributed by atoms with Gasteiger partial charge in [0.1, 0.15) is 5.75 Å². The zero-order chi connectivity index (χ0) is 11.5. The van der Waals surface area contributed by atoms with Crippen LogP contribution in [0.3, 0.4) is 0 Å². The molecule has 2 rings (SSSR count). The maximum absolute atomic E-state index is 11.6. The van der Waals surface area contributed by atoms with E-state index in [1.807, 2.05) is 0 Å². The number of nitrogen functional groups attached to an aromatic ring is 1. The lowest BCUT2D eigenvalue weighted by molar-refractivity contribution is -0.116. The number of hydrogen-bond acceptors (Lipinski definition) is 3. The van der Waals surface area contributed by atoms with Crippen molar-refractivity contribution in [3.63, 3.8) is 0 Å². The van der Waals surface area contributed by atoms with Crippen LogP contribution in [0.15, 0.2) is 18.2 Å². The van der Waals surface area contributed by atoms with Crippen LogP contribution in [-0.4, -0.2) is 13.0 Å². The molecule has 0 aromatic heterocycles. The fourth-order valence-electron chi connectivity index (χ4n) is 1.59. The van der Waals surface area contributed by atoms with E-state index in [1.54, 1.807) is 25.3 Å². The Labute approximate surface area is 94.8 Å². The van der Waals surface area contributed by atoms with E-state index in [4.69, 9.17) is 10.5 Å². The molecular formula is C12H16N2O2. The molecule has 1 aliphatic carbocycles. The predicted molar refractivity (Wildman–Crippen MR) is 63.4 cm³/mol. The highest BCUT2D eigenvalue weighted by molar-refractivity contribution is 5.91. The van der Waals surface area contributed by atoms with Crippen molar-refractivity contribution in [1.29, 1.82) is 0 Å². The third-order valence-corrected chi connectivity index (χ3v) is 2.69. The van der Waals surface area contributed by atoms with E-state index in [2.05, 4.69) is 5.32 Å². The van der Waals surface area contributed by atoms with E-state index >= 15 is 0 Å². The van der Waals surface area contributed by atoms with Gasteiger partial charge in [0.05, 0.1) is 12.8 Å². The van der Waals surface area contributed by atoms with Gasteiger partial charge in [-0.2, -0.15) is 0 Å². The smallest absolute Gasteiger partial charge is 0.224 e. The molecule has 0 saturated heterocycles. The largest absolute Gasteiger partial charge is 0.495 e. The SMILES string of the molecule is COc1cc(NC(=O)CC2CC2)ccc1N. The second-order valence-corrected chi connectivity index (χ2v) is 4.15. The molecule has 1 amide bonds. The molecule has 16 heavy (non-hydrogen) atoms. The molecule has 4 nitrogen and oxygen atoms in total. The zero-order valence-electron chi connectivity index (χ0n) is 9.32. The van der Waals surface area contributed by atoms with Crippen LogP contribution >= 0.6 is 0 Å². The second-order valence-electron chi connectivity index (χ2n) is 4.15. The van der Waals surface area contributed by atoms with Crippen molar-refractivity contribution in [3.8, 4) is 5.75 Å². The number of rotatable bonds is 4. The quantitative estimate of drug-likeness (QED) is 0.763. The lowest BCUT2D eigenvalue weighted by Crippen LogP contribution is -2.12. The van der Waals surface area contributed by atoms with E-state index in [0.717, 1.165) is 5.69 Å². The van der Waals surface area contributed by atoms with E-state index < -0.39 is 0 Å². The van der Waals surface area contributed by atoms with Gasteiger partial charge in [0, 0.05) is 18.2 Å². The van der Waals surface area contributed by atoms with Crippen LogP contribution in [0, 0.1) is 5.92 Å². The van der Waals surface area contributed by atoms with E-state index in [-0.39, 0.29) is 5.91 Å². The summed E-state index contributed by atoms with van der Waals surface area (Å²) in [6, 6.07) is 5.24. The molecule has 0 bridgehead atoms. The second kappa shape index (κ2) is 4.43. The number of anilines is 2. The monoisotopic (exact) mass is 220 g/mol. The Morgan fingerprint density at radius 2 is 2.31 bits per heavy atom. The molecule has 0 spiro atoms. The average Bonchev–Trinajstić information content (AvgIpc) is 3.04. The number of amides is 1. The lowest BCUT2D eigenvalue weighted by atomic mass is 10.2. The fourth-order valence-corrected chi connectivity index (χ4v) is 1.59. The number of hydrogen-bond donors (Lipinski definition) is 2. The number of carbonyl (C=O) groups excluding carboxylic acids is 1. The molecule has 1 fully saturated rings. The summed E-state index contributed by atoms with van der Waals surface area (Å²) < 4.78 is 5.08. The fraction of sp³-hybridized carbons (Fsp3) is 0.417. The van der Waals surface area contributed by atoms with Gasteiger partial charge >= 0.3 is 0 Å². The molecule has 1 aliphatic rings. The van der Waals surface area contributed by atoms with E-state index in [1.165, 1.54) is 12.8 Å². The van der Waals surface area contributed by atoms with Gasteiger partial charge in [-0.05, 0) is 30.9 Å². The Morgan fingerprint density at radius 3 is 2.94 bits per heavy atom. The van der Waals surface area contributed by atoms with Crippen LogP contribution in [0.2, 0.25) is 0 Å². The molecule has 1 aromatic rings. The summed E-state index contributed by atoms with van der Waals surface area (Å²) >= 11 is 0. The first kappa shape index (κ1) is 10.8. The number of nitrogens with two attached hydrogens (primary N) is 1. The maximum atomic E-state index is 11.6. The molecule has 1 saturated carbocycles. The number of benzene rings is 1. The summed E-state index contributed by atoms with van der Waals surface area (Å²) in [5.74, 6) is 1.24. The predicted octanol–water partition coefficient (Wildman–Crippen LogP) is 2.02. The van der Waals surface area contributed by atoms with Gasteiger partial charge in [-0.15, -0.1) is 0 Å². The van der Waals surface area contributed by atoms with E-state index in [0.29, 0.717) is 23.8 Å². The normalized spacial score (nSPS) is 14.6. The standard InChI is InChI=1S/C12H16N2O2/c1-16-11-7-9(4-5-10(11)13)14-12(15)6-8-2-3-8/h4-5,7-8H,2-3,6,13H2,1H3,(H,14,15). The number of methoxy groups -OCH3 is 1. The highest BCUT2D eigenvalue weighted by Gasteiger charge is 2.24. The average molecular weight is 220 g/mol. The minimum absolute atomic E-state index is 0.0642. The molecule has 1 aromatic carbocycles. The summed E-state index contributed by atoms with van der Waals surface area (Å²) in [4.78, 5) is 11.6. The Morgan fingerprint density at radius 1 is 1.56 bits per heavy atom. The molecule has 0 aliphatic heterocycles. The minimum atomic E-state index is 0.0642. The van der Waals surface area contributed by atoms with Crippen molar-refractivity contribution < 1.29 is 9.53 Å². The molecule has 0 heterocycles. The summed E-state index contributed by atoms with van der Waals surface area (Å²) in [5, 5.41) is 2.84. The van der Waals surface area contributed by atoms with Crippen LogP contribution < -0.4 is 15.8 Å². The van der Waals surface area contributed by atoms with Crippen molar-refractivity contribution >= 4 is 17.3 Å².